The maximum absolute atomic E-state index is 11.8. The highest BCUT2D eigenvalue weighted by atomic mass is 32.2. The molecule has 1 aromatic heterocycles. The average molecular weight is 304 g/mol. The van der Waals surface area contributed by atoms with Crippen LogP contribution >= 0.6 is 11.5 Å². The van der Waals surface area contributed by atoms with E-state index in [4.69, 9.17) is 5.73 Å². The highest BCUT2D eigenvalue weighted by molar-refractivity contribution is 7.91. The summed E-state index contributed by atoms with van der Waals surface area (Å²) in [6.07, 6.45) is 3.22. The molecule has 0 radical (unpaired) electrons. The first kappa shape index (κ1) is 14.5. The summed E-state index contributed by atoms with van der Waals surface area (Å²) >= 11 is 1.16. The highest BCUT2D eigenvalue weighted by Crippen LogP contribution is 2.36. The SMILES string of the molecule is CN1CCC(N(C)c2snc(N)c2S(C)(=O)=O)CC1. The van der Waals surface area contributed by atoms with E-state index in [1.807, 2.05) is 11.9 Å². The molecular formula is C11H20N4O2S2. The summed E-state index contributed by atoms with van der Waals surface area (Å²) in [5.74, 6) is 0.113. The van der Waals surface area contributed by atoms with Gasteiger partial charge in [-0.05, 0) is 44.5 Å². The van der Waals surface area contributed by atoms with E-state index >= 15 is 0 Å². The molecule has 0 atom stereocenters. The van der Waals surface area contributed by atoms with E-state index < -0.39 is 9.84 Å². The van der Waals surface area contributed by atoms with Crippen LogP contribution in [0, 0.1) is 0 Å². The quantitative estimate of drug-likeness (QED) is 0.883. The molecule has 108 valence electrons. The third-order valence-corrected chi connectivity index (χ3v) is 5.81. The maximum Gasteiger partial charge on any atom is 0.182 e. The van der Waals surface area contributed by atoms with Crippen LogP contribution in [-0.2, 0) is 9.84 Å². The number of anilines is 2. The van der Waals surface area contributed by atoms with Crippen LogP contribution in [0.4, 0.5) is 10.8 Å². The Bertz CT molecular complexity index is 547. The van der Waals surface area contributed by atoms with Gasteiger partial charge < -0.3 is 15.5 Å². The van der Waals surface area contributed by atoms with Gasteiger partial charge in [0.15, 0.2) is 15.7 Å². The Morgan fingerprint density at radius 2 is 2.00 bits per heavy atom. The molecule has 0 bridgehead atoms. The smallest absolute Gasteiger partial charge is 0.182 e. The fraction of sp³-hybridized carbons (Fsp3) is 0.727. The Kier molecular flexibility index (Phi) is 4.03. The zero-order valence-electron chi connectivity index (χ0n) is 11.5. The minimum atomic E-state index is -3.34. The second kappa shape index (κ2) is 5.26. The lowest BCUT2D eigenvalue weighted by Crippen LogP contribution is -2.42. The summed E-state index contributed by atoms with van der Waals surface area (Å²) in [6, 6.07) is 0.344. The molecule has 1 fully saturated rings. The third kappa shape index (κ3) is 3.01. The first-order valence-corrected chi connectivity index (χ1v) is 8.83. The van der Waals surface area contributed by atoms with Crippen molar-refractivity contribution in [3.05, 3.63) is 0 Å². The van der Waals surface area contributed by atoms with Crippen molar-refractivity contribution in [2.45, 2.75) is 23.8 Å². The molecule has 2 N–H and O–H groups in total. The van der Waals surface area contributed by atoms with Gasteiger partial charge in [-0.1, -0.05) is 0 Å². The number of likely N-dealkylation sites (tertiary alicyclic amines) is 1. The predicted molar refractivity (Wildman–Crippen MR) is 78.6 cm³/mol. The van der Waals surface area contributed by atoms with E-state index in [1.165, 1.54) is 6.26 Å². The van der Waals surface area contributed by atoms with Crippen molar-refractivity contribution < 1.29 is 8.42 Å². The highest BCUT2D eigenvalue weighted by Gasteiger charge is 2.28. The van der Waals surface area contributed by atoms with Crippen LogP contribution in [0.15, 0.2) is 4.90 Å². The molecule has 19 heavy (non-hydrogen) atoms. The zero-order chi connectivity index (χ0) is 14.2. The van der Waals surface area contributed by atoms with Crippen molar-refractivity contribution >= 4 is 32.2 Å². The normalized spacial score (nSPS) is 18.7. The molecule has 2 rings (SSSR count). The van der Waals surface area contributed by atoms with E-state index in [1.54, 1.807) is 0 Å². The summed E-state index contributed by atoms with van der Waals surface area (Å²) in [7, 11) is 0.684. The molecule has 1 aliphatic heterocycles. The van der Waals surface area contributed by atoms with E-state index in [9.17, 15) is 8.42 Å². The average Bonchev–Trinajstić information content (AvgIpc) is 2.71. The van der Waals surface area contributed by atoms with E-state index in [-0.39, 0.29) is 10.7 Å². The zero-order valence-corrected chi connectivity index (χ0v) is 13.1. The van der Waals surface area contributed by atoms with E-state index in [0.717, 1.165) is 37.5 Å². The second-order valence-electron chi connectivity index (χ2n) is 5.12. The molecular weight excluding hydrogens is 284 g/mol. The van der Waals surface area contributed by atoms with Gasteiger partial charge in [0.05, 0.1) is 0 Å². The molecule has 6 nitrogen and oxygen atoms in total. The lowest BCUT2D eigenvalue weighted by Gasteiger charge is -2.35. The van der Waals surface area contributed by atoms with Crippen LogP contribution in [0.5, 0.6) is 0 Å². The summed E-state index contributed by atoms with van der Waals surface area (Å²) in [5.41, 5.74) is 5.70. The van der Waals surface area contributed by atoms with Gasteiger partial charge in [0.1, 0.15) is 9.90 Å². The topological polar surface area (TPSA) is 79.5 Å². The van der Waals surface area contributed by atoms with E-state index in [0.29, 0.717) is 11.0 Å². The van der Waals surface area contributed by atoms with Gasteiger partial charge in [-0.25, -0.2) is 8.42 Å². The Morgan fingerprint density at radius 1 is 1.42 bits per heavy atom. The lowest BCUT2D eigenvalue weighted by atomic mass is 10.0. The van der Waals surface area contributed by atoms with Gasteiger partial charge in [-0.15, -0.1) is 0 Å². The number of hydrogen-bond acceptors (Lipinski definition) is 7. The molecule has 0 saturated carbocycles. The van der Waals surface area contributed by atoms with Gasteiger partial charge >= 0.3 is 0 Å². The van der Waals surface area contributed by atoms with Crippen LogP contribution in [0.1, 0.15) is 12.8 Å². The molecule has 0 amide bonds. The van der Waals surface area contributed by atoms with Crippen molar-refractivity contribution in [3.63, 3.8) is 0 Å². The van der Waals surface area contributed by atoms with Crippen molar-refractivity contribution in [3.8, 4) is 0 Å². The predicted octanol–water partition coefficient (Wildman–Crippen LogP) is 0.659. The molecule has 0 spiro atoms. The standard InChI is InChI=1S/C11H20N4O2S2/c1-14-6-4-8(5-7-14)15(2)11-9(19(3,16)17)10(12)13-18-11/h8H,4-7H2,1-3H3,(H2,12,13). The Balaban J connectivity index is 2.27. The first-order chi connectivity index (χ1) is 8.80. The number of nitrogens with zero attached hydrogens (tertiary/aromatic N) is 3. The van der Waals surface area contributed by atoms with Crippen LogP contribution in [0.2, 0.25) is 0 Å². The number of nitrogen functional groups attached to an aromatic ring is 1. The minimum absolute atomic E-state index is 0.113. The number of nitrogens with two attached hydrogens (primary N) is 1. The van der Waals surface area contributed by atoms with Gasteiger partial charge in [-0.2, -0.15) is 4.37 Å². The van der Waals surface area contributed by atoms with Gasteiger partial charge in [0, 0.05) is 19.3 Å². The molecule has 1 aliphatic rings. The molecule has 8 heteroatoms. The fourth-order valence-electron chi connectivity index (χ4n) is 2.41. The second-order valence-corrected chi connectivity index (χ2v) is 7.82. The largest absolute Gasteiger partial charge is 0.382 e. The Labute approximate surface area is 118 Å². The number of piperidine rings is 1. The fourth-order valence-corrected chi connectivity index (χ4v) is 4.66. The lowest BCUT2D eigenvalue weighted by molar-refractivity contribution is 0.253. The minimum Gasteiger partial charge on any atom is -0.382 e. The first-order valence-electron chi connectivity index (χ1n) is 6.17. The summed E-state index contributed by atoms with van der Waals surface area (Å²) in [5, 5.41) is 0.662. The number of rotatable bonds is 3. The summed E-state index contributed by atoms with van der Waals surface area (Å²) in [4.78, 5) is 4.49. The van der Waals surface area contributed by atoms with Crippen LogP contribution in [0.3, 0.4) is 0 Å². The van der Waals surface area contributed by atoms with Crippen molar-refractivity contribution in [1.82, 2.24) is 9.27 Å². The van der Waals surface area contributed by atoms with E-state index in [2.05, 4.69) is 16.3 Å². The van der Waals surface area contributed by atoms with Crippen LogP contribution < -0.4 is 10.6 Å². The van der Waals surface area contributed by atoms with Gasteiger partial charge in [0.25, 0.3) is 0 Å². The van der Waals surface area contributed by atoms with Crippen molar-refractivity contribution in [2.24, 2.45) is 0 Å². The van der Waals surface area contributed by atoms with Gasteiger partial charge in [0.2, 0.25) is 0 Å². The van der Waals surface area contributed by atoms with Gasteiger partial charge in [-0.3, -0.25) is 0 Å². The summed E-state index contributed by atoms with van der Waals surface area (Å²) < 4.78 is 27.7. The number of aromatic nitrogens is 1. The molecule has 0 unspecified atom stereocenters. The molecule has 1 saturated heterocycles. The summed E-state index contributed by atoms with van der Waals surface area (Å²) in [6.45, 7) is 2.05. The van der Waals surface area contributed by atoms with Crippen LogP contribution in [-0.4, -0.2) is 57.2 Å². The Morgan fingerprint density at radius 3 is 2.53 bits per heavy atom. The monoisotopic (exact) mass is 304 g/mol. The van der Waals surface area contributed by atoms with Crippen LogP contribution in [0.25, 0.3) is 0 Å². The van der Waals surface area contributed by atoms with Crippen molar-refractivity contribution in [1.29, 1.82) is 0 Å². The Hall–Kier alpha value is -0.860. The number of sulfone groups is 1. The molecule has 2 heterocycles. The number of hydrogen-bond donors (Lipinski definition) is 1. The maximum atomic E-state index is 11.8. The van der Waals surface area contributed by atoms with Crippen molar-refractivity contribution in [2.75, 3.05) is 44.1 Å². The molecule has 0 aromatic carbocycles. The third-order valence-electron chi connectivity index (χ3n) is 3.58. The molecule has 0 aliphatic carbocycles. The molecule has 1 aromatic rings.